The van der Waals surface area contributed by atoms with Gasteiger partial charge in [0.15, 0.2) is 0 Å². The van der Waals surface area contributed by atoms with Crippen molar-refractivity contribution in [1.29, 1.82) is 0 Å². The Morgan fingerprint density at radius 3 is 2.11 bits per heavy atom. The van der Waals surface area contributed by atoms with Crippen LogP contribution < -0.4 is 4.90 Å². The lowest BCUT2D eigenvalue weighted by Crippen LogP contribution is -2.43. The van der Waals surface area contributed by atoms with Gasteiger partial charge < -0.3 is 9.80 Å². The van der Waals surface area contributed by atoms with Crippen LogP contribution in [0.2, 0.25) is 0 Å². The van der Waals surface area contributed by atoms with E-state index in [4.69, 9.17) is 0 Å². The molecule has 7 nitrogen and oxygen atoms in total. The highest BCUT2D eigenvalue weighted by atomic mass is 16.2. The number of carbonyl (C=O) groups excluding carboxylic acids is 1. The zero-order valence-electron chi connectivity index (χ0n) is 12.5. The van der Waals surface area contributed by atoms with E-state index in [2.05, 4.69) is 15.2 Å². The van der Waals surface area contributed by atoms with E-state index in [1.54, 1.807) is 19.0 Å². The molecule has 1 aromatic rings. The van der Waals surface area contributed by atoms with E-state index in [-0.39, 0.29) is 6.03 Å². The number of carbonyl (C=O) groups is 1. The number of rotatable bonds is 4. The van der Waals surface area contributed by atoms with Gasteiger partial charge >= 0.3 is 6.03 Å². The molecule has 0 saturated heterocycles. The quantitative estimate of drug-likeness (QED) is 0.795. The second kappa shape index (κ2) is 6.42. The van der Waals surface area contributed by atoms with Gasteiger partial charge in [-0.15, -0.1) is 5.10 Å². The third-order valence-electron chi connectivity index (χ3n) is 2.71. The van der Waals surface area contributed by atoms with Gasteiger partial charge in [-0.1, -0.05) is 0 Å². The number of urea groups is 1. The molecule has 0 aliphatic rings. The third-order valence-corrected chi connectivity index (χ3v) is 2.71. The number of amides is 2. The van der Waals surface area contributed by atoms with E-state index in [1.165, 1.54) is 4.90 Å². The largest absolute Gasteiger partial charge is 0.330 e. The highest BCUT2D eigenvalue weighted by Crippen LogP contribution is 2.10. The predicted octanol–water partition coefficient (Wildman–Crippen LogP) is 0.538. The Labute approximate surface area is 114 Å². The van der Waals surface area contributed by atoms with Crippen molar-refractivity contribution in [3.05, 3.63) is 11.4 Å². The van der Waals surface area contributed by atoms with Crippen molar-refractivity contribution in [2.45, 2.75) is 13.8 Å². The van der Waals surface area contributed by atoms with Crippen LogP contribution in [-0.4, -0.2) is 72.3 Å². The average Bonchev–Trinajstić information content (AvgIpc) is 2.33. The fraction of sp³-hybridized carbons (Fsp3) is 0.667. The minimum Gasteiger partial charge on any atom is -0.330 e. The van der Waals surface area contributed by atoms with Crippen molar-refractivity contribution in [3.63, 3.8) is 0 Å². The Bertz CT molecular complexity index is 446. The summed E-state index contributed by atoms with van der Waals surface area (Å²) in [5, 5.41) is 8.05. The molecular formula is C12H22N6O. The van der Waals surface area contributed by atoms with Gasteiger partial charge in [-0.2, -0.15) is 5.10 Å². The summed E-state index contributed by atoms with van der Waals surface area (Å²) < 4.78 is 0. The van der Waals surface area contributed by atoms with Crippen LogP contribution >= 0.6 is 0 Å². The van der Waals surface area contributed by atoms with E-state index in [1.807, 2.05) is 32.8 Å². The van der Waals surface area contributed by atoms with Crippen molar-refractivity contribution in [3.8, 4) is 0 Å². The summed E-state index contributed by atoms with van der Waals surface area (Å²) in [4.78, 5) is 21.6. The van der Waals surface area contributed by atoms with Crippen LogP contribution in [0.5, 0.6) is 0 Å². The minimum atomic E-state index is -0.146. The summed E-state index contributed by atoms with van der Waals surface area (Å²) in [6.45, 7) is 4.96. The van der Waals surface area contributed by atoms with Crippen molar-refractivity contribution >= 4 is 12.0 Å². The Kier molecular flexibility index (Phi) is 5.17. The zero-order chi connectivity index (χ0) is 14.6. The maximum atomic E-state index is 12.2. The molecule has 0 fully saturated rings. The summed E-state index contributed by atoms with van der Waals surface area (Å²) in [6, 6.07) is -0.146. The molecule has 0 aliphatic heterocycles. The Morgan fingerprint density at radius 1 is 1.00 bits per heavy atom. The molecule has 0 saturated carbocycles. The van der Waals surface area contributed by atoms with E-state index < -0.39 is 0 Å². The third kappa shape index (κ3) is 4.13. The number of aryl methyl sites for hydroxylation is 2. The average molecular weight is 266 g/mol. The first-order chi connectivity index (χ1) is 8.82. The van der Waals surface area contributed by atoms with Gasteiger partial charge in [-0.3, -0.25) is 4.90 Å². The van der Waals surface area contributed by atoms with Gasteiger partial charge in [0.25, 0.3) is 5.95 Å². The number of likely N-dealkylation sites (N-methyl/N-ethyl adjacent to an activating group) is 1. The summed E-state index contributed by atoms with van der Waals surface area (Å²) in [6.07, 6.45) is 0. The monoisotopic (exact) mass is 266 g/mol. The molecule has 1 aromatic heterocycles. The predicted molar refractivity (Wildman–Crippen MR) is 74.3 cm³/mol. The van der Waals surface area contributed by atoms with Crippen LogP contribution in [0.3, 0.4) is 0 Å². The van der Waals surface area contributed by atoms with Gasteiger partial charge in [-0.05, 0) is 27.9 Å². The van der Waals surface area contributed by atoms with Gasteiger partial charge in [-0.25, -0.2) is 9.78 Å². The zero-order valence-corrected chi connectivity index (χ0v) is 12.5. The molecule has 0 atom stereocenters. The summed E-state index contributed by atoms with van der Waals surface area (Å²) in [5.41, 5.74) is 1.56. The highest BCUT2D eigenvalue weighted by molar-refractivity contribution is 5.89. The van der Waals surface area contributed by atoms with E-state index >= 15 is 0 Å². The molecule has 19 heavy (non-hydrogen) atoms. The SMILES string of the molecule is Cc1nnc(N(CCN(C)C)C(=O)N(C)C)nc1C. The molecule has 106 valence electrons. The van der Waals surface area contributed by atoms with Crippen LogP contribution in [0.4, 0.5) is 10.7 Å². The first-order valence-electron chi connectivity index (χ1n) is 6.14. The smallest absolute Gasteiger partial charge is 0.326 e. The second-order valence-electron chi connectivity index (χ2n) is 4.91. The van der Waals surface area contributed by atoms with E-state index in [0.29, 0.717) is 12.5 Å². The normalized spacial score (nSPS) is 10.7. The van der Waals surface area contributed by atoms with Crippen LogP contribution in [-0.2, 0) is 0 Å². The Hall–Kier alpha value is -1.76. The fourth-order valence-corrected chi connectivity index (χ4v) is 1.38. The maximum Gasteiger partial charge on any atom is 0.326 e. The van der Waals surface area contributed by atoms with Crippen molar-refractivity contribution < 1.29 is 4.79 Å². The molecule has 2 amide bonds. The van der Waals surface area contributed by atoms with Crippen LogP contribution in [0.1, 0.15) is 11.4 Å². The number of aromatic nitrogens is 3. The van der Waals surface area contributed by atoms with Gasteiger partial charge in [0.1, 0.15) is 0 Å². The fourth-order valence-electron chi connectivity index (χ4n) is 1.38. The Balaban J connectivity index is 3.00. The van der Waals surface area contributed by atoms with E-state index in [0.717, 1.165) is 17.9 Å². The summed E-state index contributed by atoms with van der Waals surface area (Å²) in [7, 11) is 7.33. The summed E-state index contributed by atoms with van der Waals surface area (Å²) >= 11 is 0. The van der Waals surface area contributed by atoms with Crippen LogP contribution in [0, 0.1) is 13.8 Å². The van der Waals surface area contributed by atoms with Crippen LogP contribution in [0.15, 0.2) is 0 Å². The van der Waals surface area contributed by atoms with Crippen molar-refractivity contribution in [1.82, 2.24) is 25.0 Å². The molecule has 0 radical (unpaired) electrons. The second-order valence-corrected chi connectivity index (χ2v) is 4.91. The van der Waals surface area contributed by atoms with Gasteiger partial charge in [0.2, 0.25) is 0 Å². The number of hydrogen-bond donors (Lipinski definition) is 0. The minimum absolute atomic E-state index is 0.146. The number of hydrogen-bond acceptors (Lipinski definition) is 5. The molecule has 1 rings (SSSR count). The molecule has 7 heteroatoms. The standard InChI is InChI=1S/C12H22N6O/c1-9-10(2)14-15-11(13-9)18(8-7-16(3)4)12(19)17(5)6/h7-8H2,1-6H3. The van der Waals surface area contributed by atoms with E-state index in [9.17, 15) is 4.79 Å². The molecule has 0 aromatic carbocycles. The molecule has 0 unspecified atom stereocenters. The van der Waals surface area contributed by atoms with Crippen LogP contribution in [0.25, 0.3) is 0 Å². The van der Waals surface area contributed by atoms with Crippen molar-refractivity contribution in [2.24, 2.45) is 0 Å². The molecule has 1 heterocycles. The lowest BCUT2D eigenvalue weighted by atomic mass is 10.4. The maximum absolute atomic E-state index is 12.2. The molecule has 0 spiro atoms. The lowest BCUT2D eigenvalue weighted by molar-refractivity contribution is 0.222. The lowest BCUT2D eigenvalue weighted by Gasteiger charge is -2.25. The molecule has 0 N–H and O–H groups in total. The van der Waals surface area contributed by atoms with Gasteiger partial charge in [0, 0.05) is 27.2 Å². The number of anilines is 1. The molecule has 0 aliphatic carbocycles. The Morgan fingerprint density at radius 2 is 1.63 bits per heavy atom. The number of nitrogens with zero attached hydrogens (tertiary/aromatic N) is 6. The molecular weight excluding hydrogens is 244 g/mol. The first kappa shape index (κ1) is 15.3. The first-order valence-corrected chi connectivity index (χ1v) is 6.14. The highest BCUT2D eigenvalue weighted by Gasteiger charge is 2.21. The van der Waals surface area contributed by atoms with Gasteiger partial charge in [0.05, 0.1) is 11.4 Å². The summed E-state index contributed by atoms with van der Waals surface area (Å²) in [5.74, 6) is 0.351. The molecule has 0 bridgehead atoms. The van der Waals surface area contributed by atoms with Crippen molar-refractivity contribution in [2.75, 3.05) is 46.2 Å². The topological polar surface area (TPSA) is 65.5 Å².